The van der Waals surface area contributed by atoms with Crippen LogP contribution in [0.15, 0.2) is 48.7 Å². The minimum atomic E-state index is 0. The third kappa shape index (κ3) is 5.73. The van der Waals surface area contributed by atoms with Crippen molar-refractivity contribution in [3.63, 3.8) is 0 Å². The van der Waals surface area contributed by atoms with Crippen LogP contribution in [-0.2, 0) is 11.3 Å². The molecule has 2 aromatic rings. The zero-order valence-electron chi connectivity index (χ0n) is 14.3. The molecule has 3 rings (SSSR count). The predicted octanol–water partition coefficient (Wildman–Crippen LogP) is 3.30. The molecule has 0 bridgehead atoms. The van der Waals surface area contributed by atoms with E-state index in [4.69, 9.17) is 4.74 Å². The molecule has 1 aromatic heterocycles. The Balaban J connectivity index is 0.00000225. The zero-order chi connectivity index (χ0) is 16.8. The van der Waals surface area contributed by atoms with Crippen molar-refractivity contribution in [3.05, 3.63) is 54.2 Å². The molecule has 0 unspecified atom stereocenters. The summed E-state index contributed by atoms with van der Waals surface area (Å²) in [7, 11) is 0. The van der Waals surface area contributed by atoms with E-state index in [1.54, 1.807) is 6.20 Å². The molecule has 1 saturated heterocycles. The number of carbonyl (C=O) groups is 1. The normalized spacial score (nSPS) is 19.6. The largest absolute Gasteiger partial charge is 0.439 e. The third-order valence-corrected chi connectivity index (χ3v) is 4.22. The monoisotopic (exact) mass is 361 g/mol. The van der Waals surface area contributed by atoms with E-state index in [0.29, 0.717) is 18.5 Å². The highest BCUT2D eigenvalue weighted by atomic mass is 35.5. The maximum absolute atomic E-state index is 12.2. The molecule has 25 heavy (non-hydrogen) atoms. The summed E-state index contributed by atoms with van der Waals surface area (Å²) in [6.45, 7) is 3.52. The lowest BCUT2D eigenvalue weighted by molar-refractivity contribution is -0.126. The van der Waals surface area contributed by atoms with Crippen molar-refractivity contribution in [2.24, 2.45) is 5.92 Å². The molecule has 2 atom stereocenters. The van der Waals surface area contributed by atoms with E-state index in [2.05, 4.69) is 22.5 Å². The number of amides is 1. The molecule has 1 aromatic carbocycles. The molecule has 2 N–H and O–H groups in total. The van der Waals surface area contributed by atoms with Gasteiger partial charge in [-0.1, -0.05) is 24.3 Å². The van der Waals surface area contributed by atoms with Gasteiger partial charge in [-0.05, 0) is 44.0 Å². The molecule has 1 amide bonds. The fraction of sp³-hybridized carbons (Fsp3) is 0.368. The van der Waals surface area contributed by atoms with E-state index in [1.165, 1.54) is 0 Å². The van der Waals surface area contributed by atoms with Crippen LogP contribution in [0.25, 0.3) is 0 Å². The van der Waals surface area contributed by atoms with Crippen LogP contribution in [0.1, 0.15) is 25.3 Å². The maximum Gasteiger partial charge on any atom is 0.223 e. The van der Waals surface area contributed by atoms with Crippen LogP contribution >= 0.6 is 12.4 Å². The van der Waals surface area contributed by atoms with E-state index in [9.17, 15) is 4.79 Å². The van der Waals surface area contributed by atoms with Gasteiger partial charge in [0.2, 0.25) is 11.8 Å². The topological polar surface area (TPSA) is 63.2 Å². The van der Waals surface area contributed by atoms with Gasteiger partial charge in [0.05, 0.1) is 0 Å². The van der Waals surface area contributed by atoms with Crippen molar-refractivity contribution >= 4 is 18.3 Å². The highest BCUT2D eigenvalue weighted by molar-refractivity contribution is 5.85. The summed E-state index contributed by atoms with van der Waals surface area (Å²) < 4.78 is 5.66. The summed E-state index contributed by atoms with van der Waals surface area (Å²) >= 11 is 0. The van der Waals surface area contributed by atoms with Gasteiger partial charge in [-0.15, -0.1) is 12.4 Å². The van der Waals surface area contributed by atoms with Crippen LogP contribution in [-0.4, -0.2) is 23.5 Å². The first-order valence-corrected chi connectivity index (χ1v) is 8.39. The summed E-state index contributed by atoms with van der Waals surface area (Å²) in [5.41, 5.74) is 0.964. The number of carbonyl (C=O) groups excluding carboxylic acids is 1. The third-order valence-electron chi connectivity index (χ3n) is 4.22. The van der Waals surface area contributed by atoms with Gasteiger partial charge in [-0.3, -0.25) is 4.79 Å². The van der Waals surface area contributed by atoms with Gasteiger partial charge in [0.25, 0.3) is 0 Å². The van der Waals surface area contributed by atoms with Crippen molar-refractivity contribution in [2.75, 3.05) is 6.54 Å². The molecule has 0 saturated carbocycles. The van der Waals surface area contributed by atoms with Gasteiger partial charge in [0.1, 0.15) is 5.75 Å². The molecule has 1 fully saturated rings. The molecule has 0 radical (unpaired) electrons. The molecule has 2 heterocycles. The molecule has 134 valence electrons. The Morgan fingerprint density at radius 3 is 2.76 bits per heavy atom. The predicted molar refractivity (Wildman–Crippen MR) is 100 cm³/mol. The van der Waals surface area contributed by atoms with Crippen LogP contribution in [0.2, 0.25) is 0 Å². The lowest BCUT2D eigenvalue weighted by Crippen LogP contribution is -2.42. The number of rotatable bonds is 5. The molecule has 1 aliphatic rings. The minimum Gasteiger partial charge on any atom is -0.439 e. The van der Waals surface area contributed by atoms with Crippen LogP contribution in [0.4, 0.5) is 0 Å². The minimum absolute atomic E-state index is 0. The second-order valence-electron chi connectivity index (χ2n) is 6.21. The standard InChI is InChI=1S/C19H23N3O2.ClH/c1-14-11-16(9-10-20-14)19(23)22-13-15-7-8-18(21-12-15)24-17-5-3-2-4-6-17;/h2-8,12,14,16,20H,9-11,13H2,1H3,(H,22,23);1H/t14-,16-;/m0./s1. The Kier molecular flexibility index (Phi) is 7.22. The number of pyridine rings is 1. The van der Waals surface area contributed by atoms with Gasteiger partial charge in [-0.2, -0.15) is 0 Å². The molecule has 5 nitrogen and oxygen atoms in total. The summed E-state index contributed by atoms with van der Waals surface area (Å²) in [6, 6.07) is 13.7. The van der Waals surface area contributed by atoms with Crippen molar-refractivity contribution < 1.29 is 9.53 Å². The first-order chi connectivity index (χ1) is 11.7. The first kappa shape index (κ1) is 19.2. The number of hydrogen-bond acceptors (Lipinski definition) is 4. The van der Waals surface area contributed by atoms with Crippen LogP contribution in [0.3, 0.4) is 0 Å². The van der Waals surface area contributed by atoms with E-state index in [-0.39, 0.29) is 24.2 Å². The molecule has 6 heteroatoms. The fourth-order valence-electron chi connectivity index (χ4n) is 2.89. The van der Waals surface area contributed by atoms with Crippen molar-refractivity contribution in [1.82, 2.24) is 15.6 Å². The second kappa shape index (κ2) is 9.39. The van der Waals surface area contributed by atoms with Crippen LogP contribution in [0.5, 0.6) is 11.6 Å². The smallest absolute Gasteiger partial charge is 0.223 e. The quantitative estimate of drug-likeness (QED) is 0.857. The molecular weight excluding hydrogens is 338 g/mol. The summed E-state index contributed by atoms with van der Waals surface area (Å²) in [5, 5.41) is 6.37. The fourth-order valence-corrected chi connectivity index (χ4v) is 2.89. The number of piperidine rings is 1. The first-order valence-electron chi connectivity index (χ1n) is 8.39. The Labute approximate surface area is 154 Å². The van der Waals surface area contributed by atoms with Gasteiger partial charge < -0.3 is 15.4 Å². The number of halogens is 1. The number of para-hydroxylation sites is 1. The Bertz CT molecular complexity index is 664. The number of nitrogens with one attached hydrogen (secondary N) is 2. The second-order valence-corrected chi connectivity index (χ2v) is 6.21. The van der Waals surface area contributed by atoms with Gasteiger partial charge >= 0.3 is 0 Å². The van der Waals surface area contributed by atoms with E-state index in [1.807, 2.05) is 42.5 Å². The maximum atomic E-state index is 12.2. The summed E-state index contributed by atoms with van der Waals surface area (Å²) in [5.74, 6) is 1.54. The molecular formula is C19H24ClN3O2. The number of nitrogens with zero attached hydrogens (tertiary/aromatic N) is 1. The van der Waals surface area contributed by atoms with Crippen LogP contribution in [0, 0.1) is 5.92 Å². The van der Waals surface area contributed by atoms with Crippen molar-refractivity contribution in [1.29, 1.82) is 0 Å². The average Bonchev–Trinajstić information content (AvgIpc) is 2.62. The number of aromatic nitrogens is 1. The number of ether oxygens (including phenoxy) is 1. The Morgan fingerprint density at radius 1 is 1.28 bits per heavy atom. The summed E-state index contributed by atoms with van der Waals surface area (Å²) in [6.07, 6.45) is 3.54. The van der Waals surface area contributed by atoms with Crippen LogP contribution < -0.4 is 15.4 Å². The van der Waals surface area contributed by atoms with Gasteiger partial charge in [0, 0.05) is 30.8 Å². The van der Waals surface area contributed by atoms with Crippen molar-refractivity contribution in [3.8, 4) is 11.6 Å². The lowest BCUT2D eigenvalue weighted by atomic mass is 9.92. The van der Waals surface area contributed by atoms with Gasteiger partial charge in [0.15, 0.2) is 0 Å². The SMILES string of the molecule is C[C@H]1C[C@@H](C(=O)NCc2ccc(Oc3ccccc3)nc2)CCN1.Cl. The van der Waals surface area contributed by atoms with E-state index < -0.39 is 0 Å². The van der Waals surface area contributed by atoms with Crippen molar-refractivity contribution in [2.45, 2.75) is 32.4 Å². The Hall–Kier alpha value is -2.11. The lowest BCUT2D eigenvalue weighted by Gasteiger charge is -2.27. The molecule has 0 aliphatic carbocycles. The number of benzene rings is 1. The highest BCUT2D eigenvalue weighted by Crippen LogP contribution is 2.19. The summed E-state index contributed by atoms with van der Waals surface area (Å²) in [4.78, 5) is 16.5. The Morgan fingerprint density at radius 2 is 2.08 bits per heavy atom. The molecule has 1 aliphatic heterocycles. The average molecular weight is 362 g/mol. The molecule has 0 spiro atoms. The van der Waals surface area contributed by atoms with Gasteiger partial charge in [-0.25, -0.2) is 4.98 Å². The van der Waals surface area contributed by atoms with E-state index >= 15 is 0 Å². The highest BCUT2D eigenvalue weighted by Gasteiger charge is 2.24. The zero-order valence-corrected chi connectivity index (χ0v) is 15.1. The van der Waals surface area contributed by atoms with E-state index in [0.717, 1.165) is 30.7 Å². The number of hydrogen-bond donors (Lipinski definition) is 2.